The summed E-state index contributed by atoms with van der Waals surface area (Å²) in [5.41, 5.74) is 5.10. The molecule has 1 aliphatic heterocycles. The highest BCUT2D eigenvalue weighted by Crippen LogP contribution is 2.30. The normalized spacial score (nSPS) is 15.5. The van der Waals surface area contributed by atoms with Crippen LogP contribution in [-0.4, -0.2) is 50.7 Å². The summed E-state index contributed by atoms with van der Waals surface area (Å²) in [6, 6.07) is 15.4. The highest BCUT2D eigenvalue weighted by molar-refractivity contribution is 5.78. The number of benzene rings is 2. The molecule has 0 spiro atoms. The van der Waals surface area contributed by atoms with Gasteiger partial charge in [0.25, 0.3) is 0 Å². The van der Waals surface area contributed by atoms with Gasteiger partial charge in [-0.15, -0.1) is 0 Å². The van der Waals surface area contributed by atoms with E-state index in [1.165, 1.54) is 29.8 Å². The third-order valence-electron chi connectivity index (χ3n) is 6.47. The van der Waals surface area contributed by atoms with Crippen molar-refractivity contribution in [3.63, 3.8) is 0 Å². The first-order valence-electron chi connectivity index (χ1n) is 11.2. The van der Waals surface area contributed by atoms with E-state index in [9.17, 15) is 8.78 Å². The van der Waals surface area contributed by atoms with Gasteiger partial charge in [0.05, 0.1) is 11.7 Å². The topological polar surface area (TPSA) is 37.2 Å². The van der Waals surface area contributed by atoms with Crippen molar-refractivity contribution in [2.45, 2.75) is 19.5 Å². The SMILES string of the molecule is Cc1nn(C)c2ncc(CN3CCN(C(c4ccc(F)cc4)c4ccc(F)cc4)CC3)cc12. The van der Waals surface area contributed by atoms with Crippen LogP contribution in [0.3, 0.4) is 0 Å². The minimum atomic E-state index is -0.254. The second-order valence-corrected chi connectivity index (χ2v) is 8.74. The first-order valence-corrected chi connectivity index (χ1v) is 11.2. The van der Waals surface area contributed by atoms with Crippen molar-refractivity contribution in [3.8, 4) is 0 Å². The Morgan fingerprint density at radius 1 is 0.879 bits per heavy atom. The van der Waals surface area contributed by atoms with Crippen LogP contribution in [0.2, 0.25) is 0 Å². The molecule has 1 fully saturated rings. The van der Waals surface area contributed by atoms with E-state index in [-0.39, 0.29) is 17.7 Å². The molecule has 0 bridgehead atoms. The van der Waals surface area contributed by atoms with Crippen LogP contribution in [0, 0.1) is 18.6 Å². The van der Waals surface area contributed by atoms with E-state index in [1.807, 2.05) is 49.1 Å². The molecule has 1 saturated heterocycles. The summed E-state index contributed by atoms with van der Waals surface area (Å²) in [4.78, 5) is 9.43. The van der Waals surface area contributed by atoms with E-state index in [0.29, 0.717) is 0 Å². The smallest absolute Gasteiger partial charge is 0.157 e. The molecule has 4 aromatic rings. The molecular formula is C26H27F2N5. The van der Waals surface area contributed by atoms with Crippen LogP contribution in [0.25, 0.3) is 11.0 Å². The van der Waals surface area contributed by atoms with E-state index < -0.39 is 0 Å². The van der Waals surface area contributed by atoms with Crippen LogP contribution in [0.4, 0.5) is 8.78 Å². The fraction of sp³-hybridized carbons (Fsp3) is 0.308. The molecule has 3 heterocycles. The molecule has 2 aromatic carbocycles. The lowest BCUT2D eigenvalue weighted by Gasteiger charge is -2.39. The summed E-state index contributed by atoms with van der Waals surface area (Å²) in [6.45, 7) is 6.38. The van der Waals surface area contributed by atoms with Gasteiger partial charge < -0.3 is 0 Å². The van der Waals surface area contributed by atoms with Crippen molar-refractivity contribution in [2.75, 3.05) is 26.2 Å². The molecule has 1 aliphatic rings. The molecule has 7 heteroatoms. The zero-order valence-electron chi connectivity index (χ0n) is 18.9. The molecule has 0 atom stereocenters. The zero-order valence-corrected chi connectivity index (χ0v) is 18.9. The molecule has 0 unspecified atom stereocenters. The summed E-state index contributed by atoms with van der Waals surface area (Å²) in [7, 11) is 1.92. The monoisotopic (exact) mass is 447 g/mol. The number of fused-ring (bicyclic) bond motifs is 1. The highest BCUT2D eigenvalue weighted by Gasteiger charge is 2.26. The maximum atomic E-state index is 13.5. The average Bonchev–Trinajstić information content (AvgIpc) is 3.10. The fourth-order valence-electron chi connectivity index (χ4n) is 4.78. The maximum absolute atomic E-state index is 13.5. The Hall–Kier alpha value is -3.16. The summed E-state index contributed by atoms with van der Waals surface area (Å²) in [5.74, 6) is -0.508. The van der Waals surface area contributed by atoms with Crippen molar-refractivity contribution in [1.82, 2.24) is 24.6 Å². The number of hydrogen-bond donors (Lipinski definition) is 0. The van der Waals surface area contributed by atoms with E-state index in [4.69, 9.17) is 0 Å². The quantitative estimate of drug-likeness (QED) is 0.453. The number of hydrogen-bond acceptors (Lipinski definition) is 4. The molecule has 2 aromatic heterocycles. The van der Waals surface area contributed by atoms with E-state index in [1.54, 1.807) is 0 Å². The molecule has 0 aliphatic carbocycles. The van der Waals surface area contributed by atoms with Crippen LogP contribution < -0.4 is 0 Å². The first-order chi connectivity index (χ1) is 16.0. The van der Waals surface area contributed by atoms with E-state index in [2.05, 4.69) is 25.9 Å². The van der Waals surface area contributed by atoms with Gasteiger partial charge in [-0.05, 0) is 53.9 Å². The predicted molar refractivity (Wildman–Crippen MR) is 125 cm³/mol. The number of pyridine rings is 1. The van der Waals surface area contributed by atoms with Gasteiger partial charge >= 0.3 is 0 Å². The lowest BCUT2D eigenvalue weighted by molar-refractivity contribution is 0.105. The van der Waals surface area contributed by atoms with Gasteiger partial charge in [0, 0.05) is 51.4 Å². The number of aryl methyl sites for hydroxylation is 2. The van der Waals surface area contributed by atoms with Crippen LogP contribution in [0.1, 0.15) is 28.4 Å². The Morgan fingerprint density at radius 3 is 2.03 bits per heavy atom. The molecular weight excluding hydrogens is 420 g/mol. The summed E-state index contributed by atoms with van der Waals surface area (Å²) >= 11 is 0. The van der Waals surface area contributed by atoms with Gasteiger partial charge in [-0.3, -0.25) is 14.5 Å². The lowest BCUT2D eigenvalue weighted by Crippen LogP contribution is -2.47. The van der Waals surface area contributed by atoms with Gasteiger partial charge in [0.2, 0.25) is 0 Å². The van der Waals surface area contributed by atoms with Gasteiger partial charge in [-0.2, -0.15) is 5.10 Å². The summed E-state index contributed by atoms with van der Waals surface area (Å²) < 4.78 is 28.9. The Kier molecular flexibility index (Phi) is 5.91. The van der Waals surface area contributed by atoms with Gasteiger partial charge in [0.15, 0.2) is 5.65 Å². The van der Waals surface area contributed by atoms with Crippen molar-refractivity contribution >= 4 is 11.0 Å². The highest BCUT2D eigenvalue weighted by atomic mass is 19.1. The number of nitrogens with zero attached hydrogens (tertiary/aromatic N) is 5. The summed E-state index contributed by atoms with van der Waals surface area (Å²) in [6.07, 6.45) is 1.94. The van der Waals surface area contributed by atoms with Crippen molar-refractivity contribution in [1.29, 1.82) is 0 Å². The standard InChI is InChI=1S/C26H27F2N5/c1-18-24-15-19(16-29-26(24)31(2)30-18)17-32-11-13-33(14-12-32)25(20-3-7-22(27)8-4-20)21-5-9-23(28)10-6-21/h3-10,15-16,25H,11-14,17H2,1-2H3. The lowest BCUT2D eigenvalue weighted by atomic mass is 9.96. The Morgan fingerprint density at radius 2 is 1.45 bits per heavy atom. The minimum Gasteiger partial charge on any atom is -0.296 e. The van der Waals surface area contributed by atoms with E-state index >= 15 is 0 Å². The van der Waals surface area contributed by atoms with Crippen LogP contribution in [0.5, 0.6) is 0 Å². The Labute approximate surface area is 192 Å². The molecule has 170 valence electrons. The fourth-order valence-corrected chi connectivity index (χ4v) is 4.78. The maximum Gasteiger partial charge on any atom is 0.157 e. The number of halogens is 2. The van der Waals surface area contributed by atoms with Crippen molar-refractivity contribution in [2.24, 2.45) is 7.05 Å². The molecule has 0 amide bonds. The second-order valence-electron chi connectivity index (χ2n) is 8.74. The van der Waals surface area contributed by atoms with Gasteiger partial charge in [-0.25, -0.2) is 13.8 Å². The average molecular weight is 448 g/mol. The number of piperazine rings is 1. The number of rotatable bonds is 5. The molecule has 5 rings (SSSR count). The van der Waals surface area contributed by atoms with Crippen LogP contribution in [0.15, 0.2) is 60.8 Å². The minimum absolute atomic E-state index is 0.0376. The van der Waals surface area contributed by atoms with Crippen LogP contribution in [-0.2, 0) is 13.6 Å². The third kappa shape index (κ3) is 4.51. The van der Waals surface area contributed by atoms with E-state index in [0.717, 1.165) is 60.6 Å². The number of aromatic nitrogens is 3. The molecule has 5 nitrogen and oxygen atoms in total. The Balaban J connectivity index is 1.32. The largest absolute Gasteiger partial charge is 0.296 e. The molecule has 0 saturated carbocycles. The third-order valence-corrected chi connectivity index (χ3v) is 6.47. The van der Waals surface area contributed by atoms with Crippen molar-refractivity contribution < 1.29 is 8.78 Å². The first kappa shape index (κ1) is 21.7. The Bertz CT molecular complexity index is 1200. The molecule has 33 heavy (non-hydrogen) atoms. The van der Waals surface area contributed by atoms with Gasteiger partial charge in [0.1, 0.15) is 11.6 Å². The summed E-state index contributed by atoms with van der Waals surface area (Å²) in [5, 5.41) is 5.56. The molecule has 0 N–H and O–H groups in total. The van der Waals surface area contributed by atoms with Crippen molar-refractivity contribution in [3.05, 3.63) is 94.8 Å². The van der Waals surface area contributed by atoms with Crippen LogP contribution >= 0.6 is 0 Å². The second kappa shape index (κ2) is 9.00. The zero-order chi connectivity index (χ0) is 22.9. The predicted octanol–water partition coefficient (Wildman–Crippen LogP) is 4.46. The van der Waals surface area contributed by atoms with Gasteiger partial charge in [-0.1, -0.05) is 24.3 Å². The molecule has 0 radical (unpaired) electrons.